The summed E-state index contributed by atoms with van der Waals surface area (Å²) in [4.78, 5) is 7.82. The molecule has 0 bridgehead atoms. The minimum atomic E-state index is 0.232. The molecule has 0 atom stereocenters. The molecule has 1 rings (SSSR count). The number of aromatic nitrogens is 2. The number of hydrazine groups is 1. The zero-order valence-corrected chi connectivity index (χ0v) is 8.08. The molecule has 5 N–H and O–H groups in total. The molecule has 0 aliphatic rings. The third-order valence-corrected chi connectivity index (χ3v) is 2.46. The smallest absolute Gasteiger partial charge is 0.222 e. The number of halogens is 1. The summed E-state index contributed by atoms with van der Waals surface area (Å²) in [5.41, 5.74) is 8.65. The highest BCUT2D eigenvalue weighted by Crippen LogP contribution is 2.17. The highest BCUT2D eigenvalue weighted by Gasteiger charge is 2.04. The molecule has 6 heteroatoms. The maximum absolute atomic E-state index is 5.38. The van der Waals surface area contributed by atoms with Crippen LogP contribution in [0.25, 0.3) is 0 Å². The molecule has 5 nitrogen and oxygen atoms in total. The maximum Gasteiger partial charge on any atom is 0.222 e. The van der Waals surface area contributed by atoms with Crippen LogP contribution in [0.2, 0.25) is 0 Å². The zero-order valence-electron chi connectivity index (χ0n) is 5.93. The first-order chi connectivity index (χ1) is 5.15. The molecular weight excluding hydrogens is 257 g/mol. The van der Waals surface area contributed by atoms with Crippen LogP contribution in [-0.2, 0) is 0 Å². The molecule has 0 spiro atoms. The first kappa shape index (κ1) is 8.47. The summed E-state index contributed by atoms with van der Waals surface area (Å²) in [7, 11) is 0. The second-order valence-corrected chi connectivity index (χ2v) is 3.05. The molecule has 0 aliphatic heterocycles. The highest BCUT2D eigenvalue weighted by molar-refractivity contribution is 14.1. The zero-order chi connectivity index (χ0) is 8.43. The normalized spacial score (nSPS) is 9.73. The Bertz CT molecular complexity index is 274. The van der Waals surface area contributed by atoms with Gasteiger partial charge in [-0.2, -0.15) is 4.98 Å². The Hall–Kier alpha value is -0.630. The van der Waals surface area contributed by atoms with Crippen molar-refractivity contribution in [2.24, 2.45) is 5.84 Å². The summed E-state index contributed by atoms with van der Waals surface area (Å²) in [6.45, 7) is 1.85. The van der Waals surface area contributed by atoms with Gasteiger partial charge in [-0.1, -0.05) is 0 Å². The van der Waals surface area contributed by atoms with Crippen molar-refractivity contribution in [1.82, 2.24) is 9.97 Å². The minimum absolute atomic E-state index is 0.232. The van der Waals surface area contributed by atoms with Gasteiger partial charge in [-0.3, -0.25) is 0 Å². The second kappa shape index (κ2) is 3.18. The van der Waals surface area contributed by atoms with Crippen molar-refractivity contribution in [2.45, 2.75) is 6.92 Å². The minimum Gasteiger partial charge on any atom is -0.368 e. The number of nitrogens with zero attached hydrogens (tertiary/aromatic N) is 2. The third kappa shape index (κ3) is 1.69. The lowest BCUT2D eigenvalue weighted by Gasteiger charge is -2.04. The molecule has 1 aromatic heterocycles. The Morgan fingerprint density at radius 3 is 2.64 bits per heavy atom. The van der Waals surface area contributed by atoms with Crippen LogP contribution in [0.4, 0.5) is 11.8 Å². The fourth-order valence-electron chi connectivity index (χ4n) is 0.677. The quantitative estimate of drug-likeness (QED) is 0.385. The molecule has 60 valence electrons. The van der Waals surface area contributed by atoms with E-state index in [0.717, 1.165) is 9.26 Å². The molecule has 0 saturated carbocycles. The van der Waals surface area contributed by atoms with Gasteiger partial charge in [0.2, 0.25) is 5.95 Å². The van der Waals surface area contributed by atoms with Gasteiger partial charge in [0, 0.05) is 0 Å². The van der Waals surface area contributed by atoms with Gasteiger partial charge < -0.3 is 11.2 Å². The largest absolute Gasteiger partial charge is 0.368 e. The monoisotopic (exact) mass is 265 g/mol. The number of nitrogens with one attached hydrogen (secondary N) is 1. The number of anilines is 2. The van der Waals surface area contributed by atoms with E-state index < -0.39 is 0 Å². The summed E-state index contributed by atoms with van der Waals surface area (Å²) >= 11 is 2.10. The summed E-state index contributed by atoms with van der Waals surface area (Å²) in [6, 6.07) is 0. The number of aryl methyl sites for hydroxylation is 1. The lowest BCUT2D eigenvalue weighted by atomic mass is 10.4. The van der Waals surface area contributed by atoms with Crippen molar-refractivity contribution in [2.75, 3.05) is 11.2 Å². The predicted octanol–water partition coefficient (Wildman–Crippen LogP) is 0.257. The van der Waals surface area contributed by atoms with Gasteiger partial charge >= 0.3 is 0 Å². The van der Waals surface area contributed by atoms with Crippen molar-refractivity contribution in [3.63, 3.8) is 0 Å². The van der Waals surface area contributed by atoms with Crippen LogP contribution in [0.15, 0.2) is 0 Å². The Labute approximate surface area is 77.7 Å². The van der Waals surface area contributed by atoms with Crippen LogP contribution in [-0.4, -0.2) is 9.97 Å². The van der Waals surface area contributed by atoms with E-state index in [1.165, 1.54) is 0 Å². The lowest BCUT2D eigenvalue weighted by molar-refractivity contribution is 1.08. The molecule has 0 saturated heterocycles. The first-order valence-corrected chi connectivity index (χ1v) is 3.99. The van der Waals surface area contributed by atoms with Gasteiger partial charge in [0.1, 0.15) is 0 Å². The van der Waals surface area contributed by atoms with E-state index in [1.54, 1.807) is 0 Å². The van der Waals surface area contributed by atoms with Crippen LogP contribution in [0, 0.1) is 10.5 Å². The number of hydrogen-bond donors (Lipinski definition) is 3. The molecule has 11 heavy (non-hydrogen) atoms. The number of nitrogen functional groups attached to an aromatic ring is 2. The number of hydrogen-bond acceptors (Lipinski definition) is 5. The van der Waals surface area contributed by atoms with Crippen molar-refractivity contribution in [3.8, 4) is 0 Å². The van der Waals surface area contributed by atoms with Crippen LogP contribution in [0.3, 0.4) is 0 Å². The van der Waals surface area contributed by atoms with E-state index >= 15 is 0 Å². The third-order valence-electron chi connectivity index (χ3n) is 1.17. The van der Waals surface area contributed by atoms with Crippen LogP contribution < -0.4 is 17.0 Å². The van der Waals surface area contributed by atoms with Gasteiger partial charge in [0.25, 0.3) is 0 Å². The van der Waals surface area contributed by atoms with Gasteiger partial charge in [0.05, 0.1) is 9.26 Å². The van der Waals surface area contributed by atoms with Crippen molar-refractivity contribution in [3.05, 3.63) is 9.26 Å². The molecular formula is C5H8IN5. The maximum atomic E-state index is 5.38. The molecule has 0 aliphatic carbocycles. The molecule has 0 unspecified atom stereocenters. The van der Waals surface area contributed by atoms with Crippen LogP contribution in [0.5, 0.6) is 0 Å². The van der Waals surface area contributed by atoms with E-state index in [0.29, 0.717) is 5.82 Å². The molecule has 0 amide bonds. The SMILES string of the molecule is Cc1nc(N)nc(NN)c1I. The number of nitrogens with two attached hydrogens (primary N) is 2. The van der Waals surface area contributed by atoms with Crippen molar-refractivity contribution in [1.29, 1.82) is 0 Å². The van der Waals surface area contributed by atoms with E-state index in [2.05, 4.69) is 38.0 Å². The fraction of sp³-hybridized carbons (Fsp3) is 0.200. The van der Waals surface area contributed by atoms with E-state index in [4.69, 9.17) is 11.6 Å². The average Bonchev–Trinajstić information content (AvgIpc) is 1.96. The van der Waals surface area contributed by atoms with Crippen LogP contribution >= 0.6 is 22.6 Å². The van der Waals surface area contributed by atoms with Crippen molar-refractivity contribution < 1.29 is 0 Å². The Balaban J connectivity index is 3.24. The van der Waals surface area contributed by atoms with Gasteiger partial charge in [-0.25, -0.2) is 10.8 Å². The summed E-state index contributed by atoms with van der Waals surface area (Å²) < 4.78 is 0.888. The van der Waals surface area contributed by atoms with Gasteiger partial charge in [-0.15, -0.1) is 0 Å². The molecule has 1 aromatic rings. The Morgan fingerprint density at radius 1 is 1.45 bits per heavy atom. The predicted molar refractivity (Wildman–Crippen MR) is 51.7 cm³/mol. The molecule has 1 heterocycles. The average molecular weight is 265 g/mol. The molecule has 0 aromatic carbocycles. The topological polar surface area (TPSA) is 89.8 Å². The van der Waals surface area contributed by atoms with Crippen molar-refractivity contribution >= 4 is 34.4 Å². The first-order valence-electron chi connectivity index (χ1n) is 2.91. The van der Waals surface area contributed by atoms with Gasteiger partial charge in [0.15, 0.2) is 5.82 Å². The Morgan fingerprint density at radius 2 is 2.09 bits per heavy atom. The van der Waals surface area contributed by atoms with Crippen LogP contribution in [0.1, 0.15) is 5.69 Å². The van der Waals surface area contributed by atoms with E-state index in [1.807, 2.05) is 6.92 Å². The fourth-order valence-corrected chi connectivity index (χ4v) is 1.07. The van der Waals surface area contributed by atoms with E-state index in [9.17, 15) is 0 Å². The summed E-state index contributed by atoms with van der Waals surface area (Å²) in [5, 5.41) is 0. The Kier molecular flexibility index (Phi) is 2.45. The highest BCUT2D eigenvalue weighted by atomic mass is 127. The molecule has 0 radical (unpaired) electrons. The summed E-state index contributed by atoms with van der Waals surface area (Å²) in [6.07, 6.45) is 0. The standard InChI is InChI=1S/C5H8IN5/c1-2-3(6)4(11-8)10-5(7)9-2/h8H2,1H3,(H3,7,9,10,11). The van der Waals surface area contributed by atoms with E-state index in [-0.39, 0.29) is 5.95 Å². The molecule has 0 fully saturated rings. The second-order valence-electron chi connectivity index (χ2n) is 1.97. The van der Waals surface area contributed by atoms with Gasteiger partial charge in [-0.05, 0) is 29.5 Å². The summed E-state index contributed by atoms with van der Waals surface area (Å²) in [5.74, 6) is 5.99. The number of rotatable bonds is 1. The lowest BCUT2D eigenvalue weighted by Crippen LogP contribution is -2.13.